The van der Waals surface area contributed by atoms with Crippen LogP contribution in [0.15, 0.2) is 32.5 Å². The Morgan fingerprint density at radius 2 is 1.91 bits per heavy atom. The highest BCUT2D eigenvalue weighted by atomic mass is 32.2. The molecule has 0 bridgehead atoms. The molecule has 0 N–H and O–H groups in total. The highest BCUT2D eigenvalue weighted by Crippen LogP contribution is 2.20. The van der Waals surface area contributed by atoms with Gasteiger partial charge >= 0.3 is 0 Å². The molecule has 7 nitrogen and oxygen atoms in total. The Morgan fingerprint density at radius 1 is 1.22 bits per heavy atom. The van der Waals surface area contributed by atoms with Crippen LogP contribution in [0, 0.1) is 13.8 Å². The minimum Gasteiger partial charge on any atom is -0.361 e. The van der Waals surface area contributed by atoms with E-state index in [1.807, 2.05) is 0 Å². The van der Waals surface area contributed by atoms with Crippen molar-refractivity contribution in [1.82, 2.24) is 14.0 Å². The lowest BCUT2D eigenvalue weighted by molar-refractivity contribution is 0.392. The fourth-order valence-corrected chi connectivity index (χ4v) is 4.30. The van der Waals surface area contributed by atoms with Crippen LogP contribution >= 0.6 is 0 Å². The van der Waals surface area contributed by atoms with Crippen LogP contribution in [0.3, 0.4) is 0 Å². The first-order valence-corrected chi connectivity index (χ1v) is 8.96. The average molecular weight is 337 g/mol. The van der Waals surface area contributed by atoms with Crippen molar-refractivity contribution >= 4 is 10.0 Å². The highest BCUT2D eigenvalue weighted by molar-refractivity contribution is 7.89. The second-order valence-corrected chi connectivity index (χ2v) is 7.68. The smallest absolute Gasteiger partial charge is 0.250 e. The summed E-state index contributed by atoms with van der Waals surface area (Å²) in [7, 11) is -3.54. The van der Waals surface area contributed by atoms with E-state index in [0.29, 0.717) is 24.5 Å². The minimum atomic E-state index is -3.54. The second kappa shape index (κ2) is 5.93. The molecule has 0 radical (unpaired) electrons. The molecule has 0 unspecified atom stereocenters. The van der Waals surface area contributed by atoms with E-state index in [4.69, 9.17) is 4.52 Å². The molecule has 8 heteroatoms. The molecule has 3 rings (SSSR count). The molecule has 124 valence electrons. The van der Waals surface area contributed by atoms with Crippen LogP contribution in [0.4, 0.5) is 0 Å². The van der Waals surface area contributed by atoms with Gasteiger partial charge in [-0.3, -0.25) is 4.79 Å². The van der Waals surface area contributed by atoms with Crippen LogP contribution in [-0.4, -0.2) is 35.5 Å². The monoisotopic (exact) mass is 337 g/mol. The lowest BCUT2D eigenvalue weighted by Crippen LogP contribution is -2.29. The van der Waals surface area contributed by atoms with Gasteiger partial charge in [0.05, 0.1) is 17.1 Å². The number of pyridine rings is 1. The van der Waals surface area contributed by atoms with Gasteiger partial charge in [-0.2, -0.15) is 4.31 Å². The van der Waals surface area contributed by atoms with Gasteiger partial charge in [0.2, 0.25) is 10.0 Å². The van der Waals surface area contributed by atoms with Crippen LogP contribution in [0.2, 0.25) is 0 Å². The summed E-state index contributed by atoms with van der Waals surface area (Å²) in [6.45, 7) is 4.87. The molecule has 0 atom stereocenters. The highest BCUT2D eigenvalue weighted by Gasteiger charge is 2.27. The number of sulfonamides is 1. The Balaban J connectivity index is 1.98. The molecule has 3 heterocycles. The molecule has 1 saturated heterocycles. The molecule has 0 spiro atoms. The van der Waals surface area contributed by atoms with Crippen molar-refractivity contribution in [3.05, 3.63) is 45.7 Å². The van der Waals surface area contributed by atoms with Crippen LogP contribution in [-0.2, 0) is 16.6 Å². The lowest BCUT2D eigenvalue weighted by Gasteiger charge is -2.16. The normalized spacial score (nSPS) is 16.1. The minimum absolute atomic E-state index is 0.144. The largest absolute Gasteiger partial charge is 0.361 e. The van der Waals surface area contributed by atoms with Crippen LogP contribution in [0.25, 0.3) is 0 Å². The van der Waals surface area contributed by atoms with Gasteiger partial charge in [0.15, 0.2) is 0 Å². The van der Waals surface area contributed by atoms with Crippen molar-refractivity contribution in [3.63, 3.8) is 0 Å². The van der Waals surface area contributed by atoms with E-state index in [-0.39, 0.29) is 17.0 Å². The first kappa shape index (κ1) is 15.9. The Bertz CT molecular complexity index is 857. The van der Waals surface area contributed by atoms with Crippen LogP contribution in [0.5, 0.6) is 0 Å². The summed E-state index contributed by atoms with van der Waals surface area (Å²) >= 11 is 0. The second-order valence-electron chi connectivity index (χ2n) is 5.74. The zero-order chi connectivity index (χ0) is 16.6. The van der Waals surface area contributed by atoms with E-state index in [1.165, 1.54) is 27.2 Å². The maximum absolute atomic E-state index is 12.6. The van der Waals surface area contributed by atoms with Crippen molar-refractivity contribution in [2.75, 3.05) is 13.1 Å². The summed E-state index contributed by atoms with van der Waals surface area (Å²) in [6.07, 6.45) is 3.15. The third-order valence-electron chi connectivity index (χ3n) is 4.17. The van der Waals surface area contributed by atoms with Crippen LogP contribution < -0.4 is 5.56 Å². The van der Waals surface area contributed by atoms with E-state index in [9.17, 15) is 13.2 Å². The van der Waals surface area contributed by atoms with Gasteiger partial charge in [-0.05, 0) is 32.8 Å². The first-order valence-electron chi connectivity index (χ1n) is 7.52. The van der Waals surface area contributed by atoms with Crippen molar-refractivity contribution < 1.29 is 12.9 Å². The van der Waals surface area contributed by atoms with Gasteiger partial charge in [-0.15, -0.1) is 0 Å². The maximum Gasteiger partial charge on any atom is 0.250 e. The molecule has 1 fully saturated rings. The maximum atomic E-state index is 12.6. The molecule has 23 heavy (non-hydrogen) atoms. The summed E-state index contributed by atoms with van der Waals surface area (Å²) in [5.41, 5.74) is 1.23. The topological polar surface area (TPSA) is 85.4 Å². The third-order valence-corrected chi connectivity index (χ3v) is 6.05. The number of hydrogen-bond acceptors (Lipinski definition) is 5. The number of aryl methyl sites for hydroxylation is 2. The van der Waals surface area contributed by atoms with Crippen molar-refractivity contribution in [3.8, 4) is 0 Å². The fourth-order valence-electron chi connectivity index (χ4n) is 2.76. The van der Waals surface area contributed by atoms with Gasteiger partial charge < -0.3 is 9.09 Å². The zero-order valence-corrected chi connectivity index (χ0v) is 14.0. The van der Waals surface area contributed by atoms with Gasteiger partial charge in [-0.25, -0.2) is 8.42 Å². The quantitative estimate of drug-likeness (QED) is 0.839. The summed E-state index contributed by atoms with van der Waals surface area (Å²) in [5, 5.41) is 3.86. The van der Waals surface area contributed by atoms with Crippen molar-refractivity contribution in [1.29, 1.82) is 0 Å². The number of rotatable bonds is 4. The Kier molecular flexibility index (Phi) is 4.11. The Morgan fingerprint density at radius 3 is 2.52 bits per heavy atom. The predicted octanol–water partition coefficient (Wildman–Crippen LogP) is 1.29. The average Bonchev–Trinajstić information content (AvgIpc) is 3.15. The van der Waals surface area contributed by atoms with Crippen molar-refractivity contribution in [2.24, 2.45) is 0 Å². The van der Waals surface area contributed by atoms with E-state index in [0.717, 1.165) is 18.4 Å². The van der Waals surface area contributed by atoms with Crippen LogP contribution in [0.1, 0.15) is 29.9 Å². The number of nitrogens with zero attached hydrogens (tertiary/aromatic N) is 3. The molecule has 0 saturated carbocycles. The number of aromatic nitrogens is 2. The molecule has 0 aromatic carbocycles. The fraction of sp³-hybridized carbons (Fsp3) is 0.467. The molecule has 1 aliphatic heterocycles. The molecule has 0 aliphatic carbocycles. The molecule has 2 aromatic rings. The van der Waals surface area contributed by atoms with Crippen molar-refractivity contribution in [2.45, 2.75) is 38.1 Å². The Labute approximate surface area is 134 Å². The van der Waals surface area contributed by atoms with E-state index < -0.39 is 10.0 Å². The number of hydrogen-bond donors (Lipinski definition) is 0. The van der Waals surface area contributed by atoms with E-state index in [1.54, 1.807) is 13.8 Å². The third kappa shape index (κ3) is 2.96. The molecule has 0 amide bonds. The van der Waals surface area contributed by atoms with Gasteiger partial charge in [-0.1, -0.05) is 5.16 Å². The Hall–Kier alpha value is -1.93. The SMILES string of the molecule is Cc1noc(C)c1Cn1cc(S(=O)(=O)N2CCCC2)ccc1=O. The van der Waals surface area contributed by atoms with E-state index in [2.05, 4.69) is 5.16 Å². The summed E-state index contributed by atoms with van der Waals surface area (Å²) in [5.74, 6) is 0.627. The molecule has 2 aromatic heterocycles. The summed E-state index contributed by atoms with van der Waals surface area (Å²) < 4.78 is 33.2. The molecular formula is C15H19N3O4S. The lowest BCUT2D eigenvalue weighted by atomic mass is 10.2. The summed E-state index contributed by atoms with van der Waals surface area (Å²) in [6, 6.07) is 2.67. The predicted molar refractivity (Wildman–Crippen MR) is 83.8 cm³/mol. The van der Waals surface area contributed by atoms with Gasteiger partial charge in [0.25, 0.3) is 5.56 Å². The summed E-state index contributed by atoms with van der Waals surface area (Å²) in [4.78, 5) is 12.2. The molecule has 1 aliphatic rings. The van der Waals surface area contributed by atoms with E-state index >= 15 is 0 Å². The van der Waals surface area contributed by atoms with Gasteiger partial charge in [0, 0.05) is 30.9 Å². The first-order chi connectivity index (χ1) is 10.9. The molecular weight excluding hydrogens is 318 g/mol. The standard InChI is InChI=1S/C15H19N3O4S/c1-11-14(12(2)22-16-11)10-17-9-13(5-6-15(17)19)23(20,21)18-7-3-4-8-18/h5-6,9H,3-4,7-8,10H2,1-2H3. The van der Waals surface area contributed by atoms with Gasteiger partial charge in [0.1, 0.15) is 5.76 Å². The zero-order valence-electron chi connectivity index (χ0n) is 13.2.